The molecule has 0 bridgehead atoms. The van der Waals surface area contributed by atoms with Gasteiger partial charge in [0.15, 0.2) is 0 Å². The Balaban J connectivity index is 1.99. The molecule has 0 radical (unpaired) electrons. The Morgan fingerprint density at radius 1 is 1.21 bits per heavy atom. The van der Waals surface area contributed by atoms with Gasteiger partial charge in [-0.25, -0.2) is 0 Å². The highest BCUT2D eigenvalue weighted by Gasteiger charge is 2.15. The van der Waals surface area contributed by atoms with Gasteiger partial charge in [-0.1, -0.05) is 18.2 Å². The van der Waals surface area contributed by atoms with Crippen molar-refractivity contribution in [2.75, 3.05) is 17.2 Å². The molecule has 0 atom stereocenters. The zero-order valence-corrected chi connectivity index (χ0v) is 9.74. The van der Waals surface area contributed by atoms with Gasteiger partial charge in [0.05, 0.1) is 4.58 Å². The van der Waals surface area contributed by atoms with Crippen LogP contribution in [-0.2, 0) is 6.42 Å². The number of benzene rings is 1. The van der Waals surface area contributed by atoms with Crippen molar-refractivity contribution in [1.82, 2.24) is 0 Å². The lowest BCUT2D eigenvalue weighted by molar-refractivity contribution is 1.05. The Morgan fingerprint density at radius 3 is 2.64 bits per heavy atom. The maximum absolute atomic E-state index is 5.92. The molecule has 1 aromatic carbocycles. The third-order valence-electron chi connectivity index (χ3n) is 2.34. The number of hydrogen-bond donors (Lipinski definition) is 1. The van der Waals surface area contributed by atoms with Crippen LogP contribution < -0.4 is 5.73 Å². The molecule has 1 aromatic rings. The second kappa shape index (κ2) is 4.99. The van der Waals surface area contributed by atoms with Crippen LogP contribution in [0.2, 0.25) is 0 Å². The summed E-state index contributed by atoms with van der Waals surface area (Å²) in [7, 11) is 0. The van der Waals surface area contributed by atoms with Crippen molar-refractivity contribution in [3.63, 3.8) is 0 Å². The van der Waals surface area contributed by atoms with Crippen LogP contribution in [0.5, 0.6) is 0 Å². The molecule has 1 fully saturated rings. The van der Waals surface area contributed by atoms with Gasteiger partial charge in [0.1, 0.15) is 0 Å². The molecule has 0 amide bonds. The highest BCUT2D eigenvalue weighted by atomic mass is 32.2. The maximum Gasteiger partial charge on any atom is 0.0543 e. The van der Waals surface area contributed by atoms with Gasteiger partial charge < -0.3 is 5.73 Å². The van der Waals surface area contributed by atoms with E-state index < -0.39 is 0 Å². The lowest BCUT2D eigenvalue weighted by Gasteiger charge is -2.21. The van der Waals surface area contributed by atoms with Crippen LogP contribution in [0.4, 0.5) is 5.69 Å². The van der Waals surface area contributed by atoms with Gasteiger partial charge in [-0.3, -0.25) is 0 Å². The molecule has 0 unspecified atom stereocenters. The fourth-order valence-corrected chi connectivity index (χ4v) is 4.44. The Labute approximate surface area is 93.8 Å². The normalized spacial score (nSPS) is 18.3. The van der Waals surface area contributed by atoms with Crippen molar-refractivity contribution in [3.8, 4) is 0 Å². The average Bonchev–Trinajstić information content (AvgIpc) is 2.23. The predicted molar refractivity (Wildman–Crippen MR) is 67.9 cm³/mol. The van der Waals surface area contributed by atoms with Crippen molar-refractivity contribution >= 4 is 29.2 Å². The molecule has 1 aliphatic heterocycles. The fraction of sp³-hybridized carbons (Fsp3) is 0.455. The van der Waals surface area contributed by atoms with E-state index in [1.807, 2.05) is 12.1 Å². The van der Waals surface area contributed by atoms with Gasteiger partial charge in [0.2, 0.25) is 0 Å². The number of thioether (sulfide) groups is 2. The first-order valence-corrected chi connectivity index (χ1v) is 7.02. The van der Waals surface area contributed by atoms with Crippen LogP contribution >= 0.6 is 23.5 Å². The molecule has 2 N–H and O–H groups in total. The first-order chi connectivity index (χ1) is 6.86. The minimum Gasteiger partial charge on any atom is -0.399 e. The third-order valence-corrected chi connectivity index (χ3v) is 5.28. The molecule has 76 valence electrons. The Bertz CT molecular complexity index is 295. The van der Waals surface area contributed by atoms with Gasteiger partial charge in [-0.2, -0.15) is 0 Å². The molecule has 0 aromatic heterocycles. The monoisotopic (exact) mass is 225 g/mol. The summed E-state index contributed by atoms with van der Waals surface area (Å²) in [6.45, 7) is 0. The summed E-state index contributed by atoms with van der Waals surface area (Å²) in [5.74, 6) is 2.62. The second-order valence-electron chi connectivity index (χ2n) is 3.43. The van der Waals surface area contributed by atoms with E-state index in [1.54, 1.807) is 0 Å². The Kier molecular flexibility index (Phi) is 3.65. The van der Waals surface area contributed by atoms with Gasteiger partial charge in [0, 0.05) is 5.69 Å². The molecule has 1 heterocycles. The smallest absolute Gasteiger partial charge is 0.0543 e. The van der Waals surface area contributed by atoms with Gasteiger partial charge in [-0.05, 0) is 36.0 Å². The van der Waals surface area contributed by atoms with E-state index in [1.165, 1.54) is 23.5 Å². The SMILES string of the molecule is Nc1ccccc1CC1SCCCS1. The van der Waals surface area contributed by atoms with E-state index in [-0.39, 0.29) is 0 Å². The fourth-order valence-electron chi connectivity index (χ4n) is 1.55. The lowest BCUT2D eigenvalue weighted by Crippen LogP contribution is -2.10. The molecule has 2 rings (SSSR count). The lowest BCUT2D eigenvalue weighted by atomic mass is 10.1. The van der Waals surface area contributed by atoms with Crippen molar-refractivity contribution < 1.29 is 0 Å². The van der Waals surface area contributed by atoms with Crippen LogP contribution in [0.1, 0.15) is 12.0 Å². The van der Waals surface area contributed by atoms with E-state index in [2.05, 4.69) is 35.7 Å². The summed E-state index contributed by atoms with van der Waals surface area (Å²) >= 11 is 4.15. The number of rotatable bonds is 2. The summed E-state index contributed by atoms with van der Waals surface area (Å²) in [5, 5.41) is 0. The van der Waals surface area contributed by atoms with Gasteiger partial charge >= 0.3 is 0 Å². The molecule has 1 saturated heterocycles. The van der Waals surface area contributed by atoms with E-state index in [4.69, 9.17) is 5.73 Å². The molecule has 14 heavy (non-hydrogen) atoms. The molecule has 1 aliphatic rings. The molecule has 0 saturated carbocycles. The summed E-state index contributed by atoms with van der Waals surface area (Å²) in [5.41, 5.74) is 8.17. The standard InChI is InChI=1S/C11H15NS2/c12-10-5-2-1-4-9(10)8-11-13-6-3-7-14-11/h1-2,4-5,11H,3,6-8,12H2. The number of anilines is 1. The Morgan fingerprint density at radius 2 is 1.93 bits per heavy atom. The zero-order valence-electron chi connectivity index (χ0n) is 8.11. The molecule has 1 nitrogen and oxygen atoms in total. The molecular formula is C11H15NS2. The van der Waals surface area contributed by atoms with E-state index in [9.17, 15) is 0 Å². The van der Waals surface area contributed by atoms with Gasteiger partial charge in [-0.15, -0.1) is 23.5 Å². The molecule has 0 aliphatic carbocycles. The maximum atomic E-state index is 5.92. The van der Waals surface area contributed by atoms with E-state index in [0.717, 1.165) is 12.1 Å². The quantitative estimate of drug-likeness (QED) is 0.784. The summed E-state index contributed by atoms with van der Waals surface area (Å²) in [6, 6.07) is 8.21. The van der Waals surface area contributed by atoms with Crippen LogP contribution in [0, 0.1) is 0 Å². The van der Waals surface area contributed by atoms with Crippen LogP contribution in [0.25, 0.3) is 0 Å². The predicted octanol–water partition coefficient (Wildman–Crippen LogP) is 3.01. The third kappa shape index (κ3) is 2.61. The molecular weight excluding hydrogens is 210 g/mol. The minimum atomic E-state index is 0.716. The second-order valence-corrected chi connectivity index (χ2v) is 6.35. The Hall–Kier alpha value is -0.280. The summed E-state index contributed by atoms with van der Waals surface area (Å²) in [4.78, 5) is 0. The number of hydrogen-bond acceptors (Lipinski definition) is 3. The largest absolute Gasteiger partial charge is 0.399 e. The highest BCUT2D eigenvalue weighted by molar-refractivity contribution is 8.17. The molecule has 0 spiro atoms. The topological polar surface area (TPSA) is 26.0 Å². The van der Waals surface area contributed by atoms with Gasteiger partial charge in [0.25, 0.3) is 0 Å². The van der Waals surface area contributed by atoms with Crippen LogP contribution in [0.15, 0.2) is 24.3 Å². The average molecular weight is 225 g/mol. The van der Waals surface area contributed by atoms with Crippen molar-refractivity contribution in [1.29, 1.82) is 0 Å². The summed E-state index contributed by atoms with van der Waals surface area (Å²) < 4.78 is 0.716. The number of nitrogens with two attached hydrogens (primary N) is 1. The van der Waals surface area contributed by atoms with Crippen molar-refractivity contribution in [2.45, 2.75) is 17.4 Å². The highest BCUT2D eigenvalue weighted by Crippen LogP contribution is 2.33. The van der Waals surface area contributed by atoms with Crippen LogP contribution in [0.3, 0.4) is 0 Å². The zero-order chi connectivity index (χ0) is 9.80. The molecule has 3 heteroatoms. The minimum absolute atomic E-state index is 0.716. The van der Waals surface area contributed by atoms with E-state index >= 15 is 0 Å². The van der Waals surface area contributed by atoms with Crippen molar-refractivity contribution in [3.05, 3.63) is 29.8 Å². The summed E-state index contributed by atoms with van der Waals surface area (Å²) in [6.07, 6.45) is 2.47. The van der Waals surface area contributed by atoms with E-state index in [0.29, 0.717) is 4.58 Å². The first-order valence-electron chi connectivity index (χ1n) is 4.93. The van der Waals surface area contributed by atoms with Crippen molar-refractivity contribution in [2.24, 2.45) is 0 Å². The first kappa shape index (κ1) is 10.2. The number of para-hydroxylation sites is 1. The number of nitrogen functional groups attached to an aromatic ring is 1. The van der Waals surface area contributed by atoms with Crippen LogP contribution in [-0.4, -0.2) is 16.1 Å².